The molecule has 1 aromatic rings. The van der Waals surface area contributed by atoms with Crippen LogP contribution in [0.5, 0.6) is 0 Å². The van der Waals surface area contributed by atoms with E-state index in [-0.39, 0.29) is 12.5 Å². The Bertz CT molecular complexity index is 487. The smallest absolute Gasteiger partial charge is 0.241 e. The van der Waals surface area contributed by atoms with Crippen molar-refractivity contribution < 1.29 is 9.53 Å². The first-order valence-corrected chi connectivity index (χ1v) is 8.35. The van der Waals surface area contributed by atoms with E-state index in [0.717, 1.165) is 30.7 Å². The summed E-state index contributed by atoms with van der Waals surface area (Å²) < 4.78 is 6.04. The Morgan fingerprint density at radius 3 is 2.41 bits per heavy atom. The Morgan fingerprint density at radius 1 is 1.27 bits per heavy atom. The third kappa shape index (κ3) is 4.29. The fraction of sp³-hybridized carbons (Fsp3) is 0.562. The van der Waals surface area contributed by atoms with Crippen LogP contribution in [0.4, 0.5) is 0 Å². The van der Waals surface area contributed by atoms with E-state index in [9.17, 15) is 4.79 Å². The molecule has 0 aliphatic carbocycles. The van der Waals surface area contributed by atoms with Gasteiger partial charge in [-0.3, -0.25) is 9.69 Å². The summed E-state index contributed by atoms with van der Waals surface area (Å²) in [7, 11) is 1.56. The first kappa shape index (κ1) is 17.4. The highest BCUT2D eigenvalue weighted by Gasteiger charge is 2.27. The molecule has 1 aromatic carbocycles. The number of hydrogen-bond acceptors (Lipinski definition) is 4. The zero-order valence-electron chi connectivity index (χ0n) is 13.2. The normalized spacial score (nSPS) is 19.0. The van der Waals surface area contributed by atoms with Crippen LogP contribution in [0.3, 0.4) is 0 Å². The molecule has 2 rings (SSSR count). The molecule has 5 nitrogen and oxygen atoms in total. The number of methoxy groups -OCH3 is 1. The van der Waals surface area contributed by atoms with Gasteiger partial charge in [0.1, 0.15) is 6.04 Å². The lowest BCUT2D eigenvalue weighted by Gasteiger charge is -2.39. The van der Waals surface area contributed by atoms with E-state index in [4.69, 9.17) is 10.5 Å². The summed E-state index contributed by atoms with van der Waals surface area (Å²) in [5.74, 6) is -0.0159. The SMILES string of the molecule is COCC(N)C(=O)N1CCN(C(C)c2ccc(Br)cc2)CC1. The number of amides is 1. The van der Waals surface area contributed by atoms with E-state index in [0.29, 0.717) is 6.04 Å². The lowest BCUT2D eigenvalue weighted by molar-refractivity contribution is -0.135. The van der Waals surface area contributed by atoms with Crippen LogP contribution in [0.2, 0.25) is 0 Å². The number of piperazine rings is 1. The number of carbonyl (C=O) groups is 1. The lowest BCUT2D eigenvalue weighted by Crippen LogP contribution is -2.54. The van der Waals surface area contributed by atoms with Crippen LogP contribution in [-0.2, 0) is 9.53 Å². The minimum Gasteiger partial charge on any atom is -0.383 e. The van der Waals surface area contributed by atoms with E-state index < -0.39 is 6.04 Å². The average Bonchev–Trinajstić information content (AvgIpc) is 2.54. The van der Waals surface area contributed by atoms with E-state index in [1.807, 2.05) is 4.90 Å². The third-order valence-electron chi connectivity index (χ3n) is 4.19. The first-order valence-electron chi connectivity index (χ1n) is 7.55. The minimum absolute atomic E-state index is 0.0159. The van der Waals surface area contributed by atoms with Gasteiger partial charge in [-0.1, -0.05) is 28.1 Å². The molecule has 1 aliphatic heterocycles. The molecule has 0 spiro atoms. The fourth-order valence-electron chi connectivity index (χ4n) is 2.77. The van der Waals surface area contributed by atoms with Crippen LogP contribution < -0.4 is 5.73 Å². The number of rotatable bonds is 5. The number of hydrogen-bond donors (Lipinski definition) is 1. The Morgan fingerprint density at radius 2 is 1.86 bits per heavy atom. The van der Waals surface area contributed by atoms with Crippen molar-refractivity contribution in [1.82, 2.24) is 9.80 Å². The molecule has 22 heavy (non-hydrogen) atoms. The lowest BCUT2D eigenvalue weighted by atomic mass is 10.1. The van der Waals surface area contributed by atoms with E-state index in [2.05, 4.69) is 52.0 Å². The molecule has 1 aliphatic rings. The minimum atomic E-state index is -0.555. The van der Waals surface area contributed by atoms with Gasteiger partial charge >= 0.3 is 0 Å². The predicted molar refractivity (Wildman–Crippen MR) is 90.6 cm³/mol. The van der Waals surface area contributed by atoms with Crippen molar-refractivity contribution in [2.45, 2.75) is 19.0 Å². The van der Waals surface area contributed by atoms with Crippen molar-refractivity contribution in [3.05, 3.63) is 34.3 Å². The standard InChI is InChI=1S/C16H24BrN3O2/c1-12(13-3-5-14(17)6-4-13)19-7-9-20(10-8-19)16(21)15(18)11-22-2/h3-6,12,15H,7-11,18H2,1-2H3. The molecule has 6 heteroatoms. The predicted octanol–water partition coefficient (Wildman–Crippen LogP) is 1.63. The summed E-state index contributed by atoms with van der Waals surface area (Å²) in [6.45, 7) is 5.64. The molecular weight excluding hydrogens is 346 g/mol. The zero-order chi connectivity index (χ0) is 16.1. The second kappa shape index (κ2) is 8.06. The van der Waals surface area contributed by atoms with Crippen molar-refractivity contribution in [2.75, 3.05) is 39.9 Å². The van der Waals surface area contributed by atoms with Crippen LogP contribution in [-0.4, -0.2) is 61.6 Å². The van der Waals surface area contributed by atoms with Gasteiger partial charge in [-0.05, 0) is 24.6 Å². The van der Waals surface area contributed by atoms with Crippen molar-refractivity contribution in [3.8, 4) is 0 Å². The molecule has 2 unspecified atom stereocenters. The summed E-state index contributed by atoms with van der Waals surface area (Å²) in [5.41, 5.74) is 7.11. The number of benzene rings is 1. The molecule has 0 bridgehead atoms. The van der Waals surface area contributed by atoms with Gasteiger partial charge in [0.05, 0.1) is 6.61 Å². The highest BCUT2D eigenvalue weighted by molar-refractivity contribution is 9.10. The van der Waals surface area contributed by atoms with Gasteiger partial charge in [-0.25, -0.2) is 0 Å². The maximum absolute atomic E-state index is 12.2. The summed E-state index contributed by atoms with van der Waals surface area (Å²) in [4.78, 5) is 16.4. The summed E-state index contributed by atoms with van der Waals surface area (Å²) >= 11 is 3.46. The molecule has 1 fully saturated rings. The third-order valence-corrected chi connectivity index (χ3v) is 4.72. The highest BCUT2D eigenvalue weighted by Crippen LogP contribution is 2.23. The summed E-state index contributed by atoms with van der Waals surface area (Å²) in [6, 6.07) is 8.20. The molecular formula is C16H24BrN3O2. The summed E-state index contributed by atoms with van der Waals surface area (Å²) in [6.07, 6.45) is 0. The van der Waals surface area contributed by atoms with Crippen LogP contribution in [0.25, 0.3) is 0 Å². The van der Waals surface area contributed by atoms with Crippen LogP contribution >= 0.6 is 15.9 Å². The fourth-order valence-corrected chi connectivity index (χ4v) is 3.03. The van der Waals surface area contributed by atoms with Crippen molar-refractivity contribution in [2.24, 2.45) is 5.73 Å². The molecule has 122 valence electrons. The molecule has 0 radical (unpaired) electrons. The van der Waals surface area contributed by atoms with E-state index >= 15 is 0 Å². The molecule has 0 saturated carbocycles. The molecule has 1 heterocycles. The maximum Gasteiger partial charge on any atom is 0.241 e. The number of nitrogens with zero attached hydrogens (tertiary/aromatic N) is 2. The van der Waals surface area contributed by atoms with Gasteiger partial charge in [-0.15, -0.1) is 0 Å². The molecule has 0 aromatic heterocycles. The molecule has 2 atom stereocenters. The largest absolute Gasteiger partial charge is 0.383 e. The first-order chi connectivity index (χ1) is 10.5. The van der Waals surface area contributed by atoms with Crippen LogP contribution in [0, 0.1) is 0 Å². The molecule has 2 N–H and O–H groups in total. The Hall–Kier alpha value is -0.950. The average molecular weight is 370 g/mol. The van der Waals surface area contributed by atoms with Gasteiger partial charge in [0, 0.05) is 43.8 Å². The second-order valence-corrected chi connectivity index (χ2v) is 6.57. The van der Waals surface area contributed by atoms with Crippen molar-refractivity contribution in [3.63, 3.8) is 0 Å². The maximum atomic E-state index is 12.2. The summed E-state index contributed by atoms with van der Waals surface area (Å²) in [5, 5.41) is 0. The van der Waals surface area contributed by atoms with Crippen molar-refractivity contribution >= 4 is 21.8 Å². The molecule has 1 amide bonds. The number of halogens is 1. The zero-order valence-corrected chi connectivity index (χ0v) is 14.8. The highest BCUT2D eigenvalue weighted by atomic mass is 79.9. The van der Waals surface area contributed by atoms with Gasteiger partial charge in [0.2, 0.25) is 5.91 Å². The monoisotopic (exact) mass is 369 g/mol. The van der Waals surface area contributed by atoms with Crippen LogP contribution in [0.15, 0.2) is 28.7 Å². The Kier molecular flexibility index (Phi) is 6.37. The van der Waals surface area contributed by atoms with Gasteiger partial charge < -0.3 is 15.4 Å². The van der Waals surface area contributed by atoms with Gasteiger partial charge in [0.25, 0.3) is 0 Å². The number of nitrogens with two attached hydrogens (primary N) is 1. The quantitative estimate of drug-likeness (QED) is 0.856. The number of carbonyl (C=O) groups excluding carboxylic acids is 1. The van der Waals surface area contributed by atoms with Gasteiger partial charge in [-0.2, -0.15) is 0 Å². The van der Waals surface area contributed by atoms with E-state index in [1.165, 1.54) is 5.56 Å². The Balaban J connectivity index is 1.89. The second-order valence-electron chi connectivity index (χ2n) is 5.65. The van der Waals surface area contributed by atoms with Gasteiger partial charge in [0.15, 0.2) is 0 Å². The molecule has 1 saturated heterocycles. The van der Waals surface area contributed by atoms with Crippen LogP contribution in [0.1, 0.15) is 18.5 Å². The Labute approximate surface area is 140 Å². The topological polar surface area (TPSA) is 58.8 Å². The van der Waals surface area contributed by atoms with E-state index in [1.54, 1.807) is 7.11 Å². The van der Waals surface area contributed by atoms with Crippen molar-refractivity contribution in [1.29, 1.82) is 0 Å². The number of ether oxygens (including phenoxy) is 1.